The molecule has 0 atom stereocenters. The van der Waals surface area contributed by atoms with Gasteiger partial charge in [0.2, 0.25) is 12.4 Å². The summed E-state index contributed by atoms with van der Waals surface area (Å²) < 4.78 is 82.6. The summed E-state index contributed by atoms with van der Waals surface area (Å²) in [5.74, 6) is -5.17. The van der Waals surface area contributed by atoms with Crippen molar-refractivity contribution >= 4 is 17.8 Å². The van der Waals surface area contributed by atoms with Gasteiger partial charge >= 0.3 is 0 Å². The topological polar surface area (TPSA) is 38.1 Å². The van der Waals surface area contributed by atoms with E-state index >= 15 is 0 Å². The Labute approximate surface area is 154 Å². The number of nitrogens with zero attached hydrogens (tertiary/aromatic N) is 3. The Morgan fingerprint density at radius 3 is 2.29 bits per heavy atom. The number of carbonyl (C=O) groups is 1. The fourth-order valence-electron chi connectivity index (χ4n) is 2.75. The Bertz CT molecular complexity index is 1050. The highest BCUT2D eigenvalue weighted by Crippen LogP contribution is 2.40. The number of aryl methyl sites for hydroxylation is 1. The highest BCUT2D eigenvalue weighted by atomic mass is 19.3. The molecule has 2 aromatic carbocycles. The molecule has 0 aliphatic carbocycles. The first-order valence-corrected chi connectivity index (χ1v) is 7.75. The average Bonchev–Trinajstić information content (AvgIpc) is 2.95. The van der Waals surface area contributed by atoms with Crippen LogP contribution in [-0.2, 0) is 11.8 Å². The Morgan fingerprint density at radius 2 is 1.64 bits per heavy atom. The Kier molecular flexibility index (Phi) is 5.12. The normalized spacial score (nSPS) is 11.1. The summed E-state index contributed by atoms with van der Waals surface area (Å²) in [5.41, 5.74) is -2.65. The molecule has 10 heteroatoms. The summed E-state index contributed by atoms with van der Waals surface area (Å²) in [6, 6.07) is 6.10. The molecular formula is C18H11F6N3O. The molecular weight excluding hydrogens is 388 g/mol. The van der Waals surface area contributed by atoms with E-state index in [2.05, 4.69) is 5.10 Å². The SMILES string of the molecule is Cn1nc(C(F)F)c(N(C=O)c2ccccc2-c2cc(F)c(F)cc2F)c1F. The van der Waals surface area contributed by atoms with Gasteiger partial charge in [0.15, 0.2) is 17.3 Å². The van der Waals surface area contributed by atoms with E-state index in [9.17, 15) is 31.1 Å². The van der Waals surface area contributed by atoms with Gasteiger partial charge in [-0.25, -0.2) is 26.6 Å². The van der Waals surface area contributed by atoms with Crippen LogP contribution < -0.4 is 4.90 Å². The molecule has 0 spiro atoms. The molecule has 0 fully saturated rings. The number of aromatic nitrogens is 2. The van der Waals surface area contributed by atoms with Gasteiger partial charge in [-0.3, -0.25) is 9.69 Å². The maximum atomic E-state index is 14.4. The molecule has 0 unspecified atom stereocenters. The lowest BCUT2D eigenvalue weighted by atomic mass is 10.0. The lowest BCUT2D eigenvalue weighted by Gasteiger charge is -2.21. The van der Waals surface area contributed by atoms with Crippen molar-refractivity contribution in [3.8, 4) is 11.1 Å². The van der Waals surface area contributed by atoms with Crippen molar-refractivity contribution in [3.63, 3.8) is 0 Å². The molecule has 1 aromatic heterocycles. The third kappa shape index (κ3) is 3.21. The van der Waals surface area contributed by atoms with E-state index < -0.39 is 46.8 Å². The van der Waals surface area contributed by atoms with Crippen LogP contribution in [0.3, 0.4) is 0 Å². The fraction of sp³-hybridized carbons (Fsp3) is 0.111. The molecule has 0 aliphatic heterocycles. The summed E-state index contributed by atoms with van der Waals surface area (Å²) in [7, 11) is 1.06. The number of rotatable bonds is 5. The van der Waals surface area contributed by atoms with Gasteiger partial charge in [0, 0.05) is 24.2 Å². The summed E-state index contributed by atoms with van der Waals surface area (Å²) in [4.78, 5) is 12.2. The van der Waals surface area contributed by atoms with Crippen LogP contribution in [0.2, 0.25) is 0 Å². The largest absolute Gasteiger partial charge is 0.284 e. The second-order valence-electron chi connectivity index (χ2n) is 5.69. The Balaban J connectivity index is 2.26. The third-order valence-corrected chi connectivity index (χ3v) is 4.00. The lowest BCUT2D eigenvalue weighted by molar-refractivity contribution is -0.106. The van der Waals surface area contributed by atoms with E-state index in [0.29, 0.717) is 21.7 Å². The molecule has 0 N–H and O–H groups in total. The first kappa shape index (κ1) is 19.5. The zero-order valence-corrected chi connectivity index (χ0v) is 14.1. The molecule has 0 aliphatic rings. The van der Waals surface area contributed by atoms with E-state index in [-0.39, 0.29) is 17.7 Å². The molecule has 146 valence electrons. The van der Waals surface area contributed by atoms with Gasteiger partial charge in [-0.15, -0.1) is 0 Å². The van der Waals surface area contributed by atoms with Crippen LogP contribution in [0.4, 0.5) is 37.7 Å². The summed E-state index contributed by atoms with van der Waals surface area (Å²) >= 11 is 0. The van der Waals surface area contributed by atoms with Gasteiger partial charge in [-0.05, 0) is 12.1 Å². The van der Waals surface area contributed by atoms with Crippen molar-refractivity contribution in [1.29, 1.82) is 0 Å². The van der Waals surface area contributed by atoms with Gasteiger partial charge in [0.05, 0.1) is 5.69 Å². The number of halogens is 6. The van der Waals surface area contributed by atoms with Crippen LogP contribution in [-0.4, -0.2) is 16.2 Å². The Morgan fingerprint density at radius 1 is 1.00 bits per heavy atom. The summed E-state index contributed by atoms with van der Waals surface area (Å²) in [6.45, 7) is 0. The van der Waals surface area contributed by atoms with Gasteiger partial charge in [0.25, 0.3) is 6.43 Å². The number of amides is 1. The van der Waals surface area contributed by atoms with Gasteiger partial charge in [0.1, 0.15) is 11.5 Å². The second kappa shape index (κ2) is 7.37. The van der Waals surface area contributed by atoms with Crippen LogP contribution in [0, 0.1) is 23.4 Å². The smallest absolute Gasteiger partial charge is 0.278 e. The molecule has 4 nitrogen and oxygen atoms in total. The van der Waals surface area contributed by atoms with Crippen molar-refractivity contribution in [2.75, 3.05) is 4.90 Å². The first-order valence-electron chi connectivity index (χ1n) is 7.75. The minimum absolute atomic E-state index is 0.0442. The molecule has 3 aromatic rings. The van der Waals surface area contributed by atoms with Crippen LogP contribution in [0.5, 0.6) is 0 Å². The van der Waals surface area contributed by atoms with Crippen molar-refractivity contribution in [2.45, 2.75) is 6.43 Å². The summed E-state index contributed by atoms with van der Waals surface area (Å²) in [6.07, 6.45) is -3.16. The highest BCUT2D eigenvalue weighted by molar-refractivity contribution is 5.94. The van der Waals surface area contributed by atoms with Crippen LogP contribution in [0.25, 0.3) is 11.1 Å². The molecule has 28 heavy (non-hydrogen) atoms. The molecule has 0 radical (unpaired) electrons. The standard InChI is InChI=1S/C18H11F6N3O/c1-26-18(24)16(15(25-26)17(22)23)27(8-28)14-5-3-2-4-9(14)10-6-12(20)13(21)7-11(10)19/h2-8,17H,1H3. The zero-order valence-electron chi connectivity index (χ0n) is 14.1. The average molecular weight is 399 g/mol. The summed E-state index contributed by atoms with van der Waals surface area (Å²) in [5, 5.41) is 3.36. The quantitative estimate of drug-likeness (QED) is 0.349. The van der Waals surface area contributed by atoms with Gasteiger partial charge in [-0.2, -0.15) is 9.49 Å². The Hall–Kier alpha value is -3.30. The predicted octanol–water partition coefficient (Wildman–Crippen LogP) is 4.88. The number of alkyl halides is 2. The molecule has 1 amide bonds. The van der Waals surface area contributed by atoms with Crippen LogP contribution >= 0.6 is 0 Å². The molecule has 0 bridgehead atoms. The number of para-hydroxylation sites is 1. The van der Waals surface area contributed by atoms with E-state index in [1.165, 1.54) is 24.3 Å². The monoisotopic (exact) mass is 399 g/mol. The molecule has 0 saturated carbocycles. The zero-order chi connectivity index (χ0) is 20.6. The predicted molar refractivity (Wildman–Crippen MR) is 88.1 cm³/mol. The number of benzene rings is 2. The maximum Gasteiger partial charge on any atom is 0.284 e. The first-order chi connectivity index (χ1) is 13.3. The van der Waals surface area contributed by atoms with Crippen molar-refractivity contribution in [1.82, 2.24) is 9.78 Å². The maximum absolute atomic E-state index is 14.4. The molecule has 1 heterocycles. The highest BCUT2D eigenvalue weighted by Gasteiger charge is 2.30. The van der Waals surface area contributed by atoms with Crippen LogP contribution in [0.1, 0.15) is 12.1 Å². The third-order valence-electron chi connectivity index (χ3n) is 4.00. The number of anilines is 2. The molecule has 0 saturated heterocycles. The van der Waals surface area contributed by atoms with Crippen molar-refractivity contribution in [2.24, 2.45) is 7.05 Å². The second-order valence-corrected chi connectivity index (χ2v) is 5.69. The lowest BCUT2D eigenvalue weighted by Crippen LogP contribution is -2.18. The van der Waals surface area contributed by atoms with E-state index in [1.807, 2.05) is 0 Å². The van der Waals surface area contributed by atoms with Gasteiger partial charge in [-0.1, -0.05) is 18.2 Å². The van der Waals surface area contributed by atoms with E-state index in [4.69, 9.17) is 0 Å². The van der Waals surface area contributed by atoms with E-state index in [1.54, 1.807) is 0 Å². The fourth-order valence-corrected chi connectivity index (χ4v) is 2.75. The van der Waals surface area contributed by atoms with Gasteiger partial charge < -0.3 is 0 Å². The minimum atomic E-state index is -3.21. The van der Waals surface area contributed by atoms with Crippen molar-refractivity contribution in [3.05, 3.63) is 65.5 Å². The number of hydrogen-bond acceptors (Lipinski definition) is 2. The number of carbonyl (C=O) groups excluding carboxylic acids is 1. The number of hydrogen-bond donors (Lipinski definition) is 0. The van der Waals surface area contributed by atoms with E-state index in [0.717, 1.165) is 7.05 Å². The van der Waals surface area contributed by atoms with Crippen LogP contribution in [0.15, 0.2) is 36.4 Å². The molecule has 3 rings (SSSR count). The minimum Gasteiger partial charge on any atom is -0.278 e. The van der Waals surface area contributed by atoms with Crippen molar-refractivity contribution < 1.29 is 31.1 Å².